The lowest BCUT2D eigenvalue weighted by Crippen LogP contribution is -2.35. The fourth-order valence-corrected chi connectivity index (χ4v) is 2.68. The normalized spacial score (nSPS) is 26.1. The summed E-state index contributed by atoms with van der Waals surface area (Å²) in [5.74, 6) is 0. The average Bonchev–Trinajstić information content (AvgIpc) is 2.95. The fraction of sp³-hybridized carbons (Fsp3) is 0.571. The standard InChI is InChI=1S/C14H18ClNO/c15-12-3-1-11(2-4-12)14(6-7-14)10-16-13-5-8-17-9-13/h1-4,13,16H,5-10H2/t13-/m0/s1. The molecule has 1 saturated carbocycles. The van der Waals surface area contributed by atoms with Gasteiger partial charge in [0.05, 0.1) is 6.61 Å². The van der Waals surface area contributed by atoms with Gasteiger partial charge in [0.15, 0.2) is 0 Å². The predicted octanol–water partition coefficient (Wildman–Crippen LogP) is 2.75. The van der Waals surface area contributed by atoms with Gasteiger partial charge in [0.25, 0.3) is 0 Å². The minimum absolute atomic E-state index is 0.368. The molecule has 92 valence electrons. The second kappa shape index (κ2) is 4.60. The Morgan fingerprint density at radius 2 is 2.06 bits per heavy atom. The quantitative estimate of drug-likeness (QED) is 0.889. The molecule has 1 N–H and O–H groups in total. The predicted molar refractivity (Wildman–Crippen MR) is 69.6 cm³/mol. The maximum Gasteiger partial charge on any atom is 0.0620 e. The molecule has 2 nitrogen and oxygen atoms in total. The van der Waals surface area contributed by atoms with Crippen LogP contribution in [0, 0.1) is 0 Å². The van der Waals surface area contributed by atoms with Gasteiger partial charge in [-0.05, 0) is 37.0 Å². The summed E-state index contributed by atoms with van der Waals surface area (Å²) in [4.78, 5) is 0. The molecule has 1 saturated heterocycles. The molecular weight excluding hydrogens is 234 g/mol. The van der Waals surface area contributed by atoms with E-state index in [1.165, 1.54) is 18.4 Å². The zero-order valence-corrected chi connectivity index (χ0v) is 10.7. The van der Waals surface area contributed by atoms with Crippen LogP contribution in [0.3, 0.4) is 0 Å². The van der Waals surface area contributed by atoms with E-state index >= 15 is 0 Å². The van der Waals surface area contributed by atoms with Crippen molar-refractivity contribution in [2.75, 3.05) is 19.8 Å². The van der Waals surface area contributed by atoms with E-state index in [-0.39, 0.29) is 0 Å². The minimum Gasteiger partial charge on any atom is -0.380 e. The summed E-state index contributed by atoms with van der Waals surface area (Å²) < 4.78 is 5.38. The third-order valence-corrected chi connectivity index (χ3v) is 4.22. The van der Waals surface area contributed by atoms with Gasteiger partial charge < -0.3 is 10.1 Å². The first-order valence-corrected chi connectivity index (χ1v) is 6.74. The molecule has 3 heteroatoms. The van der Waals surface area contributed by atoms with Crippen LogP contribution in [0.2, 0.25) is 5.02 Å². The zero-order valence-electron chi connectivity index (χ0n) is 9.92. The second-order valence-electron chi connectivity index (χ2n) is 5.23. The van der Waals surface area contributed by atoms with Gasteiger partial charge in [0.1, 0.15) is 0 Å². The number of benzene rings is 1. The molecule has 0 radical (unpaired) electrons. The summed E-state index contributed by atoms with van der Waals surface area (Å²) >= 11 is 5.93. The van der Waals surface area contributed by atoms with E-state index in [0.29, 0.717) is 11.5 Å². The van der Waals surface area contributed by atoms with E-state index in [1.807, 2.05) is 12.1 Å². The molecule has 0 aromatic heterocycles. The van der Waals surface area contributed by atoms with Crippen LogP contribution in [-0.2, 0) is 10.2 Å². The van der Waals surface area contributed by atoms with Crippen molar-refractivity contribution in [1.82, 2.24) is 5.32 Å². The highest BCUT2D eigenvalue weighted by Gasteiger charge is 2.44. The van der Waals surface area contributed by atoms with E-state index in [2.05, 4.69) is 17.4 Å². The van der Waals surface area contributed by atoms with Crippen LogP contribution in [0.1, 0.15) is 24.8 Å². The summed E-state index contributed by atoms with van der Waals surface area (Å²) in [6.45, 7) is 2.85. The van der Waals surface area contributed by atoms with Crippen molar-refractivity contribution in [1.29, 1.82) is 0 Å². The summed E-state index contributed by atoms with van der Waals surface area (Å²) in [7, 11) is 0. The molecule has 3 rings (SSSR count). The van der Waals surface area contributed by atoms with Gasteiger partial charge in [-0.2, -0.15) is 0 Å². The topological polar surface area (TPSA) is 21.3 Å². The molecule has 0 unspecified atom stereocenters. The highest BCUT2D eigenvalue weighted by molar-refractivity contribution is 6.30. The van der Waals surface area contributed by atoms with Gasteiger partial charge in [0.2, 0.25) is 0 Å². The molecule has 1 heterocycles. The van der Waals surface area contributed by atoms with Crippen molar-refractivity contribution < 1.29 is 4.74 Å². The van der Waals surface area contributed by atoms with Crippen molar-refractivity contribution in [2.45, 2.75) is 30.7 Å². The van der Waals surface area contributed by atoms with E-state index in [4.69, 9.17) is 16.3 Å². The van der Waals surface area contributed by atoms with Gasteiger partial charge >= 0.3 is 0 Å². The Morgan fingerprint density at radius 1 is 1.29 bits per heavy atom. The molecule has 1 aliphatic heterocycles. The Balaban J connectivity index is 1.63. The number of rotatable bonds is 4. The SMILES string of the molecule is Clc1ccc(C2(CN[C@H]3CCOC3)CC2)cc1. The van der Waals surface area contributed by atoms with Crippen molar-refractivity contribution >= 4 is 11.6 Å². The van der Waals surface area contributed by atoms with Gasteiger partial charge in [-0.1, -0.05) is 23.7 Å². The molecule has 1 aromatic carbocycles. The molecule has 0 bridgehead atoms. The van der Waals surface area contributed by atoms with Crippen molar-refractivity contribution in [2.24, 2.45) is 0 Å². The van der Waals surface area contributed by atoms with Gasteiger partial charge in [-0.25, -0.2) is 0 Å². The maximum absolute atomic E-state index is 5.93. The first-order chi connectivity index (χ1) is 8.28. The largest absolute Gasteiger partial charge is 0.380 e. The van der Waals surface area contributed by atoms with Crippen LogP contribution < -0.4 is 5.32 Å². The molecule has 2 fully saturated rings. The van der Waals surface area contributed by atoms with E-state index < -0.39 is 0 Å². The number of hydrogen-bond acceptors (Lipinski definition) is 2. The number of nitrogens with one attached hydrogen (secondary N) is 1. The highest BCUT2D eigenvalue weighted by atomic mass is 35.5. The van der Waals surface area contributed by atoms with Crippen LogP contribution in [0.5, 0.6) is 0 Å². The Morgan fingerprint density at radius 3 is 2.65 bits per heavy atom. The van der Waals surface area contributed by atoms with Crippen LogP contribution >= 0.6 is 11.6 Å². The zero-order chi connectivity index (χ0) is 11.7. The van der Waals surface area contributed by atoms with Gasteiger partial charge in [-0.15, -0.1) is 0 Å². The van der Waals surface area contributed by atoms with Crippen LogP contribution in [0.15, 0.2) is 24.3 Å². The Hall–Kier alpha value is -0.570. The number of halogens is 1. The molecule has 0 spiro atoms. The first kappa shape index (κ1) is 11.5. The summed E-state index contributed by atoms with van der Waals surface area (Å²) in [5.41, 5.74) is 1.79. The lowest BCUT2D eigenvalue weighted by molar-refractivity contribution is 0.189. The van der Waals surface area contributed by atoms with Crippen molar-refractivity contribution in [3.63, 3.8) is 0 Å². The summed E-state index contributed by atoms with van der Waals surface area (Å²) in [6.07, 6.45) is 3.72. The van der Waals surface area contributed by atoms with E-state index in [0.717, 1.165) is 31.2 Å². The number of ether oxygens (including phenoxy) is 1. The molecule has 2 aliphatic rings. The third-order valence-electron chi connectivity index (χ3n) is 3.97. The van der Waals surface area contributed by atoms with Crippen molar-refractivity contribution in [3.05, 3.63) is 34.9 Å². The lowest BCUT2D eigenvalue weighted by atomic mass is 9.95. The van der Waals surface area contributed by atoms with E-state index in [1.54, 1.807) is 0 Å². The molecule has 1 aromatic rings. The molecular formula is C14H18ClNO. The Labute approximate surface area is 107 Å². The average molecular weight is 252 g/mol. The molecule has 17 heavy (non-hydrogen) atoms. The molecule has 1 atom stereocenters. The van der Waals surface area contributed by atoms with E-state index in [9.17, 15) is 0 Å². The summed E-state index contributed by atoms with van der Waals surface area (Å²) in [5, 5.41) is 4.46. The first-order valence-electron chi connectivity index (χ1n) is 6.36. The Bertz CT molecular complexity index is 380. The van der Waals surface area contributed by atoms with Crippen LogP contribution in [-0.4, -0.2) is 25.8 Å². The molecule has 0 amide bonds. The smallest absolute Gasteiger partial charge is 0.0620 e. The van der Waals surface area contributed by atoms with Gasteiger partial charge in [0, 0.05) is 29.6 Å². The van der Waals surface area contributed by atoms with Gasteiger partial charge in [-0.3, -0.25) is 0 Å². The lowest BCUT2D eigenvalue weighted by Gasteiger charge is -2.19. The maximum atomic E-state index is 5.93. The fourth-order valence-electron chi connectivity index (χ4n) is 2.56. The molecule has 1 aliphatic carbocycles. The minimum atomic E-state index is 0.368. The highest BCUT2D eigenvalue weighted by Crippen LogP contribution is 2.47. The van der Waals surface area contributed by atoms with Crippen LogP contribution in [0.25, 0.3) is 0 Å². The number of hydrogen-bond donors (Lipinski definition) is 1. The monoisotopic (exact) mass is 251 g/mol. The van der Waals surface area contributed by atoms with Crippen LogP contribution in [0.4, 0.5) is 0 Å². The third kappa shape index (κ3) is 2.49. The second-order valence-corrected chi connectivity index (χ2v) is 5.67. The summed E-state index contributed by atoms with van der Waals surface area (Å²) in [6, 6.07) is 8.88. The van der Waals surface area contributed by atoms with Crippen molar-refractivity contribution in [3.8, 4) is 0 Å². The Kier molecular flexibility index (Phi) is 3.12.